The number of allylic oxidation sites excluding steroid dienone is 2. The molecule has 15 heavy (non-hydrogen) atoms. The van der Waals surface area contributed by atoms with Gasteiger partial charge in [0.15, 0.2) is 0 Å². The van der Waals surface area contributed by atoms with Crippen molar-refractivity contribution in [2.75, 3.05) is 0 Å². The minimum Gasteiger partial charge on any atom is -0.392 e. The van der Waals surface area contributed by atoms with Gasteiger partial charge in [-0.05, 0) is 43.9 Å². The Bertz CT molecular complexity index is 308. The molecule has 0 amide bonds. The molecule has 0 aromatic carbocycles. The highest BCUT2D eigenvalue weighted by molar-refractivity contribution is 5.89. The second kappa shape index (κ2) is 3.44. The molecule has 3 rings (SSSR count). The molecule has 0 aliphatic heterocycles. The maximum Gasteiger partial charge on any atom is 0.142 e. The van der Waals surface area contributed by atoms with Crippen molar-refractivity contribution in [2.45, 2.75) is 38.2 Å². The second-order valence-corrected chi connectivity index (χ2v) is 5.29. The van der Waals surface area contributed by atoms with E-state index < -0.39 is 0 Å². The zero-order chi connectivity index (χ0) is 10.4. The van der Waals surface area contributed by atoms with Gasteiger partial charge in [0.25, 0.3) is 0 Å². The molecular weight excluding hydrogens is 188 g/mol. The summed E-state index contributed by atoms with van der Waals surface area (Å²) in [6.45, 7) is 0. The average molecular weight is 206 g/mol. The molecule has 0 radical (unpaired) electrons. The van der Waals surface area contributed by atoms with Gasteiger partial charge in [0.05, 0.1) is 6.10 Å². The summed E-state index contributed by atoms with van der Waals surface area (Å²) < 4.78 is 0. The van der Waals surface area contributed by atoms with Gasteiger partial charge in [-0.3, -0.25) is 4.79 Å². The van der Waals surface area contributed by atoms with Gasteiger partial charge in [0.1, 0.15) is 5.78 Å². The van der Waals surface area contributed by atoms with Crippen LogP contribution in [-0.2, 0) is 4.79 Å². The highest BCUT2D eigenvalue weighted by Crippen LogP contribution is 2.53. The molecule has 3 aliphatic rings. The molecule has 5 unspecified atom stereocenters. The second-order valence-electron chi connectivity index (χ2n) is 5.29. The quantitative estimate of drug-likeness (QED) is 0.615. The van der Waals surface area contributed by atoms with Crippen LogP contribution in [0.5, 0.6) is 0 Å². The van der Waals surface area contributed by atoms with Crippen LogP contribution in [0.4, 0.5) is 0 Å². The van der Waals surface area contributed by atoms with Gasteiger partial charge in [-0.1, -0.05) is 12.2 Å². The van der Waals surface area contributed by atoms with Crippen molar-refractivity contribution >= 4 is 5.78 Å². The van der Waals surface area contributed by atoms with Crippen molar-refractivity contribution in [3.05, 3.63) is 12.2 Å². The van der Waals surface area contributed by atoms with Crippen molar-refractivity contribution in [2.24, 2.45) is 23.7 Å². The van der Waals surface area contributed by atoms with E-state index in [9.17, 15) is 9.90 Å². The third-order valence-corrected chi connectivity index (χ3v) is 4.63. The monoisotopic (exact) mass is 206 g/mol. The van der Waals surface area contributed by atoms with Crippen LogP contribution in [0.2, 0.25) is 0 Å². The fourth-order valence-corrected chi connectivity index (χ4v) is 4.03. The molecule has 3 aliphatic carbocycles. The van der Waals surface area contributed by atoms with Gasteiger partial charge >= 0.3 is 0 Å². The van der Waals surface area contributed by atoms with E-state index >= 15 is 0 Å². The van der Waals surface area contributed by atoms with Crippen LogP contribution in [0.15, 0.2) is 12.2 Å². The van der Waals surface area contributed by atoms with Crippen molar-refractivity contribution in [1.29, 1.82) is 0 Å². The molecule has 0 heterocycles. The molecule has 2 saturated carbocycles. The Labute approximate surface area is 90.4 Å². The summed E-state index contributed by atoms with van der Waals surface area (Å²) in [5.41, 5.74) is 0. The van der Waals surface area contributed by atoms with Gasteiger partial charge in [-0.15, -0.1) is 0 Å². The number of ketones is 1. The highest BCUT2D eigenvalue weighted by Gasteiger charge is 2.57. The number of Topliss-reactive ketones (excluding diaryl/α,β-unsaturated/α-hetero) is 1. The summed E-state index contributed by atoms with van der Waals surface area (Å²) in [4.78, 5) is 12.0. The molecule has 82 valence electrons. The number of aliphatic hydroxyl groups is 1. The third kappa shape index (κ3) is 1.31. The highest BCUT2D eigenvalue weighted by atomic mass is 16.3. The minimum absolute atomic E-state index is 0.00787. The summed E-state index contributed by atoms with van der Waals surface area (Å²) in [5.74, 6) is 1.62. The number of hydrogen-bond acceptors (Lipinski definition) is 2. The number of rotatable bonds is 0. The Kier molecular flexibility index (Phi) is 2.20. The van der Waals surface area contributed by atoms with Gasteiger partial charge in [0.2, 0.25) is 0 Å². The Hall–Kier alpha value is -0.630. The largest absolute Gasteiger partial charge is 0.392 e. The van der Waals surface area contributed by atoms with Crippen LogP contribution >= 0.6 is 0 Å². The zero-order valence-corrected chi connectivity index (χ0v) is 8.93. The average Bonchev–Trinajstić information content (AvgIpc) is 2.55. The molecule has 0 aromatic heterocycles. The van der Waals surface area contributed by atoms with Crippen LogP contribution in [0, 0.1) is 23.7 Å². The van der Waals surface area contributed by atoms with Gasteiger partial charge in [-0.2, -0.15) is 0 Å². The molecule has 2 bridgehead atoms. The Morgan fingerprint density at radius 3 is 2.53 bits per heavy atom. The van der Waals surface area contributed by atoms with Crippen molar-refractivity contribution in [3.63, 3.8) is 0 Å². The molecule has 2 fully saturated rings. The molecule has 0 spiro atoms. The first-order valence-corrected chi connectivity index (χ1v) is 6.16. The standard InChI is InChI=1S/C13H18O2/c14-11-7-10-8-5-3-1-2-4-6-9(8)12(11)13(10)15/h1-2,8-12,14H,3-7H2/b2-1+. The number of fused-ring (bicyclic) bond motifs is 5. The summed E-state index contributed by atoms with van der Waals surface area (Å²) in [6.07, 6.45) is 9.37. The fraction of sp³-hybridized carbons (Fsp3) is 0.769. The first-order valence-electron chi connectivity index (χ1n) is 6.16. The summed E-state index contributed by atoms with van der Waals surface area (Å²) in [7, 11) is 0. The van der Waals surface area contributed by atoms with Crippen molar-refractivity contribution in [1.82, 2.24) is 0 Å². The van der Waals surface area contributed by atoms with Crippen LogP contribution in [0.3, 0.4) is 0 Å². The topological polar surface area (TPSA) is 37.3 Å². The molecular formula is C13H18O2. The fourth-order valence-electron chi connectivity index (χ4n) is 4.03. The summed E-state index contributed by atoms with van der Waals surface area (Å²) >= 11 is 0. The first-order chi connectivity index (χ1) is 7.29. The van der Waals surface area contributed by atoms with Gasteiger partial charge in [-0.25, -0.2) is 0 Å². The Morgan fingerprint density at radius 2 is 1.80 bits per heavy atom. The van der Waals surface area contributed by atoms with Crippen molar-refractivity contribution < 1.29 is 9.90 Å². The van der Waals surface area contributed by atoms with Gasteiger partial charge < -0.3 is 5.11 Å². The van der Waals surface area contributed by atoms with E-state index in [-0.39, 0.29) is 17.9 Å². The molecule has 1 N–H and O–H groups in total. The molecule has 2 nitrogen and oxygen atoms in total. The summed E-state index contributed by atoms with van der Waals surface area (Å²) in [5, 5.41) is 9.85. The lowest BCUT2D eigenvalue weighted by molar-refractivity contribution is -0.122. The summed E-state index contributed by atoms with van der Waals surface area (Å²) in [6, 6.07) is 0. The number of carbonyl (C=O) groups excluding carboxylic acids is 1. The van der Waals surface area contributed by atoms with E-state index in [1.165, 1.54) is 0 Å². The maximum absolute atomic E-state index is 12.0. The molecule has 0 aromatic rings. The van der Waals surface area contributed by atoms with Crippen LogP contribution in [-0.4, -0.2) is 17.0 Å². The zero-order valence-electron chi connectivity index (χ0n) is 8.93. The smallest absolute Gasteiger partial charge is 0.142 e. The lowest BCUT2D eigenvalue weighted by atomic mass is 9.73. The number of carbonyl (C=O) groups is 1. The van der Waals surface area contributed by atoms with E-state index in [2.05, 4.69) is 12.2 Å². The molecule has 5 atom stereocenters. The van der Waals surface area contributed by atoms with E-state index in [4.69, 9.17) is 0 Å². The molecule has 2 heteroatoms. The first kappa shape index (κ1) is 9.59. The normalized spacial score (nSPS) is 51.0. The number of hydrogen-bond donors (Lipinski definition) is 1. The van der Waals surface area contributed by atoms with Crippen LogP contribution < -0.4 is 0 Å². The van der Waals surface area contributed by atoms with Crippen LogP contribution in [0.25, 0.3) is 0 Å². The lowest BCUT2D eigenvalue weighted by Gasteiger charge is -2.32. The lowest BCUT2D eigenvalue weighted by Crippen LogP contribution is -2.31. The molecule has 0 saturated heterocycles. The van der Waals surface area contributed by atoms with Crippen molar-refractivity contribution in [3.8, 4) is 0 Å². The number of aliphatic hydroxyl groups excluding tert-OH is 1. The SMILES string of the molecule is O=C1C2CC(O)C1C1CC/C=C/CCC21. The van der Waals surface area contributed by atoms with Gasteiger partial charge in [0, 0.05) is 11.8 Å². The van der Waals surface area contributed by atoms with E-state index in [0.717, 1.165) is 32.1 Å². The predicted molar refractivity (Wildman–Crippen MR) is 57.2 cm³/mol. The van der Waals surface area contributed by atoms with Crippen LogP contribution in [0.1, 0.15) is 32.1 Å². The van der Waals surface area contributed by atoms with E-state index in [1.807, 2.05) is 0 Å². The van der Waals surface area contributed by atoms with E-state index in [1.54, 1.807) is 0 Å². The predicted octanol–water partition coefficient (Wildman–Crippen LogP) is 1.93. The minimum atomic E-state index is -0.327. The van der Waals surface area contributed by atoms with E-state index in [0.29, 0.717) is 17.6 Å². The Balaban J connectivity index is 1.88. The maximum atomic E-state index is 12.0. The third-order valence-electron chi connectivity index (χ3n) is 4.63. The Morgan fingerprint density at radius 1 is 1.13 bits per heavy atom.